The average Bonchev–Trinajstić information content (AvgIpc) is 2.58. The van der Waals surface area contributed by atoms with Crippen molar-refractivity contribution in [1.82, 2.24) is 5.32 Å². The van der Waals surface area contributed by atoms with Gasteiger partial charge in [0.15, 0.2) is 23.3 Å². The van der Waals surface area contributed by atoms with E-state index in [1.54, 1.807) is 30.3 Å². The fraction of sp³-hybridized carbons (Fsp3) is 0.118. The van der Waals surface area contributed by atoms with E-state index in [0.717, 1.165) is 6.07 Å². The molecule has 0 saturated heterocycles. The lowest BCUT2D eigenvalue weighted by atomic mass is 9.98. The largest absolute Gasteiger partial charge is 0.454 e. The lowest BCUT2D eigenvalue weighted by molar-refractivity contribution is -0.121. The highest BCUT2D eigenvalue weighted by atomic mass is 35.5. The summed E-state index contributed by atoms with van der Waals surface area (Å²) >= 11 is 5.76. The lowest BCUT2D eigenvalue weighted by Gasteiger charge is -2.10. The first kappa shape index (κ1) is 17.4. The number of benzene rings is 2. The van der Waals surface area contributed by atoms with E-state index in [1.807, 2.05) is 0 Å². The van der Waals surface area contributed by atoms with Gasteiger partial charge in [0.1, 0.15) is 5.75 Å². The summed E-state index contributed by atoms with van der Waals surface area (Å²) < 4.78 is 19.5. The molecule has 5 nitrogen and oxygen atoms in total. The molecule has 24 heavy (non-hydrogen) atoms. The van der Waals surface area contributed by atoms with E-state index in [0.29, 0.717) is 10.8 Å². The molecule has 2 rings (SSSR count). The maximum absolute atomic E-state index is 14.1. The van der Waals surface area contributed by atoms with Gasteiger partial charge in [-0.05, 0) is 42.5 Å². The van der Waals surface area contributed by atoms with E-state index >= 15 is 0 Å². The molecule has 0 saturated carbocycles. The molecule has 0 aliphatic heterocycles. The number of carbonyl (C=O) groups excluding carboxylic acids is 2. The summed E-state index contributed by atoms with van der Waals surface area (Å²) in [5.74, 6) is -3.57. The molecule has 0 aromatic heterocycles. The highest BCUT2D eigenvalue weighted by molar-refractivity contribution is 6.30. The molecule has 0 bridgehead atoms. The summed E-state index contributed by atoms with van der Waals surface area (Å²) in [5.41, 5.74) is -0.0916. The van der Waals surface area contributed by atoms with Crippen molar-refractivity contribution in [1.29, 1.82) is 5.26 Å². The Labute approximate surface area is 142 Å². The first-order valence-corrected chi connectivity index (χ1v) is 7.22. The SMILES string of the molecule is CNC(=O)[C@@H](C#N)C(=O)c1ccc(Oc2ccc(Cl)cc2)c(F)c1. The molecule has 122 valence electrons. The van der Waals surface area contributed by atoms with Gasteiger partial charge in [0, 0.05) is 17.6 Å². The van der Waals surface area contributed by atoms with E-state index in [1.165, 1.54) is 19.2 Å². The summed E-state index contributed by atoms with van der Waals surface area (Å²) in [4.78, 5) is 23.6. The van der Waals surface area contributed by atoms with E-state index in [-0.39, 0.29) is 11.3 Å². The van der Waals surface area contributed by atoms with Gasteiger partial charge < -0.3 is 10.1 Å². The van der Waals surface area contributed by atoms with Gasteiger partial charge in [-0.3, -0.25) is 9.59 Å². The van der Waals surface area contributed by atoms with Gasteiger partial charge in [-0.25, -0.2) is 4.39 Å². The quantitative estimate of drug-likeness (QED) is 0.665. The van der Waals surface area contributed by atoms with Gasteiger partial charge >= 0.3 is 0 Å². The molecule has 2 aromatic rings. The van der Waals surface area contributed by atoms with Crippen LogP contribution in [0.15, 0.2) is 42.5 Å². The summed E-state index contributed by atoms with van der Waals surface area (Å²) in [6, 6.07) is 11.4. The van der Waals surface area contributed by atoms with Crippen molar-refractivity contribution in [2.75, 3.05) is 7.05 Å². The van der Waals surface area contributed by atoms with Crippen LogP contribution < -0.4 is 10.1 Å². The number of nitrogens with zero attached hydrogens (tertiary/aromatic N) is 1. The first-order chi connectivity index (χ1) is 11.5. The summed E-state index contributed by atoms with van der Waals surface area (Å²) in [5, 5.41) is 11.7. The summed E-state index contributed by atoms with van der Waals surface area (Å²) in [7, 11) is 1.31. The van der Waals surface area contributed by atoms with Gasteiger partial charge in [-0.15, -0.1) is 0 Å². The Morgan fingerprint density at radius 3 is 2.46 bits per heavy atom. The Bertz CT molecular complexity index is 816. The molecule has 1 amide bonds. The molecular formula is C17H12ClFN2O3. The highest BCUT2D eigenvalue weighted by Gasteiger charge is 2.27. The van der Waals surface area contributed by atoms with Gasteiger partial charge in [0.25, 0.3) is 0 Å². The Hall–Kier alpha value is -2.91. The average molecular weight is 347 g/mol. The molecular weight excluding hydrogens is 335 g/mol. The zero-order valence-corrected chi connectivity index (χ0v) is 13.3. The van der Waals surface area contributed by atoms with Crippen LogP contribution in [-0.4, -0.2) is 18.7 Å². The Morgan fingerprint density at radius 2 is 1.92 bits per heavy atom. The number of ether oxygens (including phenoxy) is 1. The predicted molar refractivity (Wildman–Crippen MR) is 85.4 cm³/mol. The Balaban J connectivity index is 2.23. The van der Waals surface area contributed by atoms with Crippen LogP contribution in [0, 0.1) is 23.1 Å². The number of carbonyl (C=O) groups is 2. The van der Waals surface area contributed by atoms with E-state index in [2.05, 4.69) is 5.32 Å². The van der Waals surface area contributed by atoms with Crippen molar-refractivity contribution < 1.29 is 18.7 Å². The fourth-order valence-corrected chi connectivity index (χ4v) is 2.04. The topological polar surface area (TPSA) is 79.2 Å². The number of ketones is 1. The number of nitrogens with one attached hydrogen (secondary N) is 1. The first-order valence-electron chi connectivity index (χ1n) is 6.84. The minimum absolute atomic E-state index is 0.0916. The summed E-state index contributed by atoms with van der Waals surface area (Å²) in [6.07, 6.45) is 0. The molecule has 7 heteroatoms. The molecule has 0 spiro atoms. The number of amides is 1. The van der Waals surface area contributed by atoms with Crippen molar-refractivity contribution in [3.63, 3.8) is 0 Å². The maximum Gasteiger partial charge on any atom is 0.245 e. The minimum atomic E-state index is -1.53. The zero-order chi connectivity index (χ0) is 17.7. The van der Waals surface area contributed by atoms with Crippen molar-refractivity contribution in [2.45, 2.75) is 0 Å². The third kappa shape index (κ3) is 3.89. The number of rotatable bonds is 5. The minimum Gasteiger partial charge on any atom is -0.454 e. The third-order valence-electron chi connectivity index (χ3n) is 3.16. The van der Waals surface area contributed by atoms with Crippen LogP contribution in [-0.2, 0) is 4.79 Å². The molecule has 2 aromatic carbocycles. The van der Waals surface area contributed by atoms with Crippen molar-refractivity contribution in [3.05, 3.63) is 58.9 Å². The molecule has 0 radical (unpaired) electrons. The number of hydrogen-bond acceptors (Lipinski definition) is 4. The van der Waals surface area contributed by atoms with Crippen molar-refractivity contribution >= 4 is 23.3 Å². The molecule has 0 unspecified atom stereocenters. The van der Waals surface area contributed by atoms with Crippen LogP contribution in [0.3, 0.4) is 0 Å². The lowest BCUT2D eigenvalue weighted by Crippen LogP contribution is -2.32. The van der Waals surface area contributed by atoms with Gasteiger partial charge in [0.05, 0.1) is 6.07 Å². The number of halogens is 2. The smallest absolute Gasteiger partial charge is 0.245 e. The normalized spacial score (nSPS) is 11.2. The van der Waals surface area contributed by atoms with Crippen LogP contribution in [0.2, 0.25) is 5.02 Å². The molecule has 0 heterocycles. The molecule has 1 atom stereocenters. The molecule has 1 N–H and O–H groups in total. The molecule has 0 fully saturated rings. The summed E-state index contributed by atoms with van der Waals surface area (Å²) in [6.45, 7) is 0. The van der Waals surface area contributed by atoms with Gasteiger partial charge in [0.2, 0.25) is 5.91 Å². The Kier molecular flexibility index (Phi) is 5.51. The molecule has 0 aliphatic rings. The second-order valence-electron chi connectivity index (χ2n) is 4.74. The Morgan fingerprint density at radius 1 is 1.25 bits per heavy atom. The fourth-order valence-electron chi connectivity index (χ4n) is 1.91. The third-order valence-corrected chi connectivity index (χ3v) is 3.41. The van der Waals surface area contributed by atoms with Gasteiger partial charge in [-0.2, -0.15) is 5.26 Å². The van der Waals surface area contributed by atoms with E-state index in [9.17, 15) is 14.0 Å². The predicted octanol–water partition coefficient (Wildman–Crippen LogP) is 3.34. The standard InChI is InChI=1S/C17H12ClFN2O3/c1-21-17(23)13(9-20)16(22)10-2-7-15(14(19)8-10)24-12-5-3-11(18)4-6-12/h2-8,13H,1H3,(H,21,23)/t13-/m0/s1. The maximum atomic E-state index is 14.1. The highest BCUT2D eigenvalue weighted by Crippen LogP contribution is 2.27. The van der Waals surface area contributed by atoms with Crippen LogP contribution in [0.5, 0.6) is 11.5 Å². The van der Waals surface area contributed by atoms with Crippen LogP contribution >= 0.6 is 11.6 Å². The van der Waals surface area contributed by atoms with E-state index in [4.69, 9.17) is 21.6 Å². The van der Waals surface area contributed by atoms with Crippen molar-refractivity contribution in [2.24, 2.45) is 5.92 Å². The monoisotopic (exact) mass is 346 g/mol. The number of nitriles is 1. The van der Waals surface area contributed by atoms with Crippen LogP contribution in [0.25, 0.3) is 0 Å². The number of Topliss-reactive ketones (excluding diaryl/α,β-unsaturated/α-hetero) is 1. The molecule has 0 aliphatic carbocycles. The second-order valence-corrected chi connectivity index (χ2v) is 5.18. The van der Waals surface area contributed by atoms with Gasteiger partial charge in [-0.1, -0.05) is 11.6 Å². The zero-order valence-electron chi connectivity index (χ0n) is 12.5. The van der Waals surface area contributed by atoms with Crippen molar-refractivity contribution in [3.8, 4) is 17.6 Å². The van der Waals surface area contributed by atoms with Crippen LogP contribution in [0.4, 0.5) is 4.39 Å². The second kappa shape index (κ2) is 7.57. The number of hydrogen-bond donors (Lipinski definition) is 1. The van der Waals surface area contributed by atoms with Crippen LogP contribution in [0.1, 0.15) is 10.4 Å². The van der Waals surface area contributed by atoms with E-state index < -0.39 is 23.4 Å².